The van der Waals surface area contributed by atoms with Crippen molar-refractivity contribution in [3.8, 4) is 39.1 Å². The van der Waals surface area contributed by atoms with Gasteiger partial charge in [0.25, 0.3) is 0 Å². The monoisotopic (exact) mass is 486 g/mol. The van der Waals surface area contributed by atoms with Crippen LogP contribution in [0.15, 0.2) is 146 Å². The number of para-hydroxylation sites is 2. The van der Waals surface area contributed by atoms with Crippen molar-refractivity contribution >= 4 is 27.5 Å². The fourth-order valence-electron chi connectivity index (χ4n) is 5.54. The van der Waals surface area contributed by atoms with Crippen LogP contribution in [0.25, 0.3) is 60.9 Å². The van der Waals surface area contributed by atoms with E-state index in [1.165, 1.54) is 32.9 Å². The Bertz CT molecular complexity index is 1860. The molecule has 7 rings (SSSR count). The molecule has 2 N–H and O–H groups in total. The van der Waals surface area contributed by atoms with Gasteiger partial charge in [0.2, 0.25) is 0 Å². The highest BCUT2D eigenvalue weighted by molar-refractivity contribution is 6.09. The lowest BCUT2D eigenvalue weighted by Gasteiger charge is -2.14. The van der Waals surface area contributed by atoms with Gasteiger partial charge < -0.3 is 10.3 Å². The molecule has 0 atom stereocenters. The molecule has 0 radical (unpaired) electrons. The Morgan fingerprint density at radius 3 is 1.68 bits per heavy atom. The number of anilines is 1. The average molecular weight is 487 g/mol. The Labute approximate surface area is 222 Å². The van der Waals surface area contributed by atoms with Crippen LogP contribution in [0.3, 0.4) is 0 Å². The standard InChI is InChI=1S/C36H26N2/c37-29-21-22-31(34(24-29)27-19-17-26(18-20-27)25-9-2-1-3-10-25)28-11-8-12-30(23-28)38-35-15-6-4-13-32(35)33-14-5-7-16-36(33)38/h1-24H,37H2. The summed E-state index contributed by atoms with van der Waals surface area (Å²) in [5.74, 6) is 0. The Hall–Kier alpha value is -5.08. The first-order valence-corrected chi connectivity index (χ1v) is 12.9. The van der Waals surface area contributed by atoms with Gasteiger partial charge >= 0.3 is 0 Å². The molecule has 2 heteroatoms. The Kier molecular flexibility index (Phi) is 5.30. The fourth-order valence-corrected chi connectivity index (χ4v) is 5.54. The first kappa shape index (κ1) is 22.1. The maximum atomic E-state index is 6.29. The number of fused-ring (bicyclic) bond motifs is 3. The number of hydrogen-bond acceptors (Lipinski definition) is 1. The molecule has 0 aliphatic rings. The van der Waals surface area contributed by atoms with Crippen LogP contribution in [-0.4, -0.2) is 4.57 Å². The molecule has 180 valence electrons. The van der Waals surface area contributed by atoms with Crippen LogP contribution in [0.1, 0.15) is 0 Å². The van der Waals surface area contributed by atoms with Crippen molar-refractivity contribution in [2.75, 3.05) is 5.73 Å². The second-order valence-corrected chi connectivity index (χ2v) is 9.67. The summed E-state index contributed by atoms with van der Waals surface area (Å²) in [6.45, 7) is 0. The Morgan fingerprint density at radius 2 is 0.974 bits per heavy atom. The lowest BCUT2D eigenvalue weighted by molar-refractivity contribution is 1.18. The van der Waals surface area contributed by atoms with Gasteiger partial charge in [-0.05, 0) is 69.8 Å². The summed E-state index contributed by atoms with van der Waals surface area (Å²) in [4.78, 5) is 0. The molecule has 0 bridgehead atoms. The van der Waals surface area contributed by atoms with Crippen molar-refractivity contribution in [2.24, 2.45) is 0 Å². The molecule has 38 heavy (non-hydrogen) atoms. The highest BCUT2D eigenvalue weighted by Crippen LogP contribution is 2.37. The first-order valence-electron chi connectivity index (χ1n) is 12.9. The third-order valence-corrected chi connectivity index (χ3v) is 7.34. The minimum atomic E-state index is 0.759. The van der Waals surface area contributed by atoms with E-state index in [1.54, 1.807) is 0 Å². The molecule has 1 heterocycles. The molecule has 0 aliphatic heterocycles. The summed E-state index contributed by atoms with van der Waals surface area (Å²) in [7, 11) is 0. The van der Waals surface area contributed by atoms with E-state index in [1.807, 2.05) is 12.1 Å². The quantitative estimate of drug-likeness (QED) is 0.247. The topological polar surface area (TPSA) is 30.9 Å². The van der Waals surface area contributed by atoms with E-state index in [4.69, 9.17) is 5.73 Å². The lowest BCUT2D eigenvalue weighted by atomic mass is 9.92. The Morgan fingerprint density at radius 1 is 0.395 bits per heavy atom. The number of nitrogens with zero attached hydrogens (tertiary/aromatic N) is 1. The number of hydrogen-bond donors (Lipinski definition) is 1. The van der Waals surface area contributed by atoms with Crippen LogP contribution in [0, 0.1) is 0 Å². The van der Waals surface area contributed by atoms with E-state index >= 15 is 0 Å². The minimum Gasteiger partial charge on any atom is -0.399 e. The van der Waals surface area contributed by atoms with E-state index in [0.29, 0.717) is 0 Å². The summed E-state index contributed by atoms with van der Waals surface area (Å²) >= 11 is 0. The Balaban J connectivity index is 1.36. The third kappa shape index (κ3) is 3.75. The normalized spacial score (nSPS) is 11.3. The zero-order chi connectivity index (χ0) is 25.5. The smallest absolute Gasteiger partial charge is 0.0541 e. The molecule has 0 saturated carbocycles. The van der Waals surface area contributed by atoms with Crippen LogP contribution >= 0.6 is 0 Å². The van der Waals surface area contributed by atoms with Crippen molar-refractivity contribution in [3.63, 3.8) is 0 Å². The molecule has 0 fully saturated rings. The van der Waals surface area contributed by atoms with Crippen LogP contribution in [0.5, 0.6) is 0 Å². The SMILES string of the molecule is Nc1ccc(-c2cccc(-n3c4ccccc4c4ccccc43)c2)c(-c2ccc(-c3ccccc3)cc2)c1. The molecule has 0 saturated heterocycles. The zero-order valence-corrected chi connectivity index (χ0v) is 20.9. The second kappa shape index (κ2) is 9.10. The van der Waals surface area contributed by atoms with Crippen LogP contribution < -0.4 is 5.73 Å². The van der Waals surface area contributed by atoms with Crippen molar-refractivity contribution in [2.45, 2.75) is 0 Å². The van der Waals surface area contributed by atoms with Gasteiger partial charge in [-0.1, -0.05) is 109 Å². The maximum Gasteiger partial charge on any atom is 0.0541 e. The average Bonchev–Trinajstić information content (AvgIpc) is 3.32. The van der Waals surface area contributed by atoms with Crippen LogP contribution in [-0.2, 0) is 0 Å². The molecule has 7 aromatic rings. The maximum absolute atomic E-state index is 6.29. The molecule has 2 nitrogen and oxygen atoms in total. The van der Waals surface area contributed by atoms with Crippen LogP contribution in [0.4, 0.5) is 5.69 Å². The summed E-state index contributed by atoms with van der Waals surface area (Å²) in [6.07, 6.45) is 0. The van der Waals surface area contributed by atoms with Crippen molar-refractivity contribution in [1.82, 2.24) is 4.57 Å². The van der Waals surface area contributed by atoms with E-state index in [2.05, 4.69) is 138 Å². The highest BCUT2D eigenvalue weighted by Gasteiger charge is 2.14. The predicted molar refractivity (Wildman–Crippen MR) is 162 cm³/mol. The van der Waals surface area contributed by atoms with Gasteiger partial charge in [0.1, 0.15) is 0 Å². The number of benzene rings is 6. The van der Waals surface area contributed by atoms with Gasteiger partial charge in [0.15, 0.2) is 0 Å². The summed E-state index contributed by atoms with van der Waals surface area (Å²) in [5, 5.41) is 2.53. The predicted octanol–water partition coefficient (Wildman–Crippen LogP) is 9.37. The van der Waals surface area contributed by atoms with Crippen molar-refractivity contribution in [3.05, 3.63) is 146 Å². The molecule has 0 aliphatic carbocycles. The fraction of sp³-hybridized carbons (Fsp3) is 0. The zero-order valence-electron chi connectivity index (χ0n) is 20.9. The molecule has 6 aromatic carbocycles. The first-order chi connectivity index (χ1) is 18.8. The molecule has 0 unspecified atom stereocenters. The van der Waals surface area contributed by atoms with E-state index in [9.17, 15) is 0 Å². The summed E-state index contributed by atoms with van der Waals surface area (Å²) < 4.78 is 2.36. The van der Waals surface area contributed by atoms with E-state index < -0.39 is 0 Å². The molecule has 0 amide bonds. The summed E-state index contributed by atoms with van der Waals surface area (Å²) in [5.41, 5.74) is 17.6. The number of nitrogens with two attached hydrogens (primary N) is 1. The van der Waals surface area contributed by atoms with Gasteiger partial charge in [0, 0.05) is 22.1 Å². The van der Waals surface area contributed by atoms with Crippen molar-refractivity contribution < 1.29 is 0 Å². The number of aromatic nitrogens is 1. The van der Waals surface area contributed by atoms with E-state index in [0.717, 1.165) is 33.6 Å². The molecular weight excluding hydrogens is 460 g/mol. The molecular formula is C36H26N2. The van der Waals surface area contributed by atoms with Gasteiger partial charge in [-0.3, -0.25) is 0 Å². The minimum absolute atomic E-state index is 0.759. The highest BCUT2D eigenvalue weighted by atomic mass is 15.0. The van der Waals surface area contributed by atoms with Gasteiger partial charge in [-0.2, -0.15) is 0 Å². The van der Waals surface area contributed by atoms with Crippen LogP contribution in [0.2, 0.25) is 0 Å². The van der Waals surface area contributed by atoms with Gasteiger partial charge in [-0.25, -0.2) is 0 Å². The van der Waals surface area contributed by atoms with Gasteiger partial charge in [-0.15, -0.1) is 0 Å². The summed E-state index contributed by atoms with van der Waals surface area (Å²) in [6, 6.07) is 51.5. The lowest BCUT2D eigenvalue weighted by Crippen LogP contribution is -1.95. The largest absolute Gasteiger partial charge is 0.399 e. The van der Waals surface area contributed by atoms with E-state index in [-0.39, 0.29) is 0 Å². The second-order valence-electron chi connectivity index (χ2n) is 9.67. The number of rotatable bonds is 4. The van der Waals surface area contributed by atoms with Crippen molar-refractivity contribution in [1.29, 1.82) is 0 Å². The molecule has 0 spiro atoms. The molecule has 1 aromatic heterocycles. The number of nitrogen functional groups attached to an aromatic ring is 1. The third-order valence-electron chi connectivity index (χ3n) is 7.34. The van der Waals surface area contributed by atoms with Gasteiger partial charge in [0.05, 0.1) is 11.0 Å².